The molecule has 9 heteroatoms. The molecule has 0 aliphatic carbocycles. The Morgan fingerprint density at radius 3 is 2.39 bits per heavy atom. The number of nitrogens with zero attached hydrogens (tertiary/aromatic N) is 2. The van der Waals surface area contributed by atoms with Gasteiger partial charge in [0.1, 0.15) is 0 Å². The van der Waals surface area contributed by atoms with Crippen LogP contribution in [0.3, 0.4) is 0 Å². The number of amides is 2. The molecule has 2 aliphatic rings. The van der Waals surface area contributed by atoms with E-state index in [1.165, 1.54) is 31.3 Å². The van der Waals surface area contributed by atoms with E-state index in [1.807, 2.05) is 6.07 Å². The van der Waals surface area contributed by atoms with Gasteiger partial charge in [-0.2, -0.15) is 0 Å². The second-order valence-electron chi connectivity index (χ2n) is 7.04. The summed E-state index contributed by atoms with van der Waals surface area (Å²) in [6.07, 6.45) is 0.831. The summed E-state index contributed by atoms with van der Waals surface area (Å²) in [4.78, 5) is 26.4. The molecule has 0 bridgehead atoms. The van der Waals surface area contributed by atoms with E-state index in [9.17, 15) is 9.59 Å². The lowest BCUT2D eigenvalue weighted by molar-refractivity contribution is -0.139. The van der Waals surface area contributed by atoms with E-state index in [-0.39, 0.29) is 30.8 Å². The second kappa shape index (κ2) is 8.63. The van der Waals surface area contributed by atoms with Crippen LogP contribution in [0, 0.1) is 0 Å². The molecule has 2 aromatic carbocycles. The van der Waals surface area contributed by atoms with Crippen LogP contribution in [-0.2, 0) is 11.2 Å². The first-order valence-corrected chi connectivity index (χ1v) is 9.87. The highest BCUT2D eigenvalue weighted by molar-refractivity contribution is 5.99. The normalized spacial score (nSPS) is 14.5. The summed E-state index contributed by atoms with van der Waals surface area (Å²) in [5.41, 5.74) is 1.08. The molecule has 164 valence electrons. The van der Waals surface area contributed by atoms with Crippen molar-refractivity contribution in [2.75, 3.05) is 41.2 Å². The van der Waals surface area contributed by atoms with Gasteiger partial charge >= 0.3 is 0 Å². The maximum atomic E-state index is 13.3. The molecule has 0 atom stereocenters. The summed E-state index contributed by atoms with van der Waals surface area (Å²) in [7, 11) is 4.45. The van der Waals surface area contributed by atoms with E-state index in [0.717, 1.165) is 5.56 Å². The van der Waals surface area contributed by atoms with Crippen molar-refractivity contribution in [1.82, 2.24) is 10.0 Å². The Morgan fingerprint density at radius 2 is 1.65 bits per heavy atom. The third kappa shape index (κ3) is 3.78. The molecule has 2 heterocycles. The van der Waals surface area contributed by atoms with Gasteiger partial charge in [-0.15, -0.1) is 0 Å². The molecular formula is C22H24N2O7. The molecule has 0 aromatic heterocycles. The van der Waals surface area contributed by atoms with Crippen molar-refractivity contribution >= 4 is 11.8 Å². The molecule has 0 radical (unpaired) electrons. The van der Waals surface area contributed by atoms with Crippen molar-refractivity contribution in [1.29, 1.82) is 0 Å². The maximum absolute atomic E-state index is 13.3. The van der Waals surface area contributed by atoms with E-state index in [2.05, 4.69) is 0 Å². The topological polar surface area (TPSA) is 86.8 Å². The number of carbonyl (C=O) groups excluding carboxylic acids is 2. The smallest absolute Gasteiger partial charge is 0.276 e. The fraction of sp³-hybridized carbons (Fsp3) is 0.364. The van der Waals surface area contributed by atoms with Crippen LogP contribution in [0.25, 0.3) is 0 Å². The molecule has 4 rings (SSSR count). The highest BCUT2D eigenvalue weighted by Gasteiger charge is 2.34. The number of benzene rings is 2. The molecule has 1 saturated heterocycles. The van der Waals surface area contributed by atoms with Gasteiger partial charge in [-0.05, 0) is 36.2 Å². The number of methoxy groups -OCH3 is 3. The second-order valence-corrected chi connectivity index (χ2v) is 7.04. The minimum Gasteiger partial charge on any atom is -0.493 e. The van der Waals surface area contributed by atoms with Gasteiger partial charge in [0, 0.05) is 13.1 Å². The van der Waals surface area contributed by atoms with Crippen molar-refractivity contribution in [3.8, 4) is 28.7 Å². The Hall–Kier alpha value is -3.62. The first-order valence-electron chi connectivity index (χ1n) is 9.87. The highest BCUT2D eigenvalue weighted by atomic mass is 16.7. The number of fused-ring (bicyclic) bond motifs is 1. The minimum absolute atomic E-state index is 0.142. The molecule has 9 nitrogen and oxygen atoms in total. The summed E-state index contributed by atoms with van der Waals surface area (Å²) in [5, 5.41) is 2.95. The van der Waals surface area contributed by atoms with Crippen LogP contribution in [-0.4, -0.2) is 63.0 Å². The Balaban J connectivity index is 1.55. The van der Waals surface area contributed by atoms with Crippen LogP contribution in [0.2, 0.25) is 0 Å². The lowest BCUT2D eigenvalue weighted by atomic mass is 10.1. The number of hydrogen-bond acceptors (Lipinski definition) is 7. The zero-order valence-corrected chi connectivity index (χ0v) is 17.7. The van der Waals surface area contributed by atoms with E-state index in [1.54, 1.807) is 24.3 Å². The quantitative estimate of drug-likeness (QED) is 0.698. The summed E-state index contributed by atoms with van der Waals surface area (Å²) in [5.74, 6) is 1.81. The molecule has 2 aromatic rings. The van der Waals surface area contributed by atoms with E-state index in [4.69, 9.17) is 23.7 Å². The molecular weight excluding hydrogens is 404 g/mol. The molecule has 0 N–H and O–H groups in total. The first kappa shape index (κ1) is 20.6. The average molecular weight is 428 g/mol. The lowest BCUT2D eigenvalue weighted by Gasteiger charge is -2.29. The van der Waals surface area contributed by atoms with Crippen molar-refractivity contribution in [2.45, 2.75) is 12.8 Å². The summed E-state index contributed by atoms with van der Waals surface area (Å²) in [6, 6.07) is 8.65. The van der Waals surface area contributed by atoms with Gasteiger partial charge in [-0.1, -0.05) is 6.07 Å². The van der Waals surface area contributed by atoms with Gasteiger partial charge in [0.05, 0.1) is 33.3 Å². The molecule has 2 amide bonds. The van der Waals surface area contributed by atoms with Crippen LogP contribution in [0.5, 0.6) is 28.7 Å². The number of hydrazine groups is 1. The van der Waals surface area contributed by atoms with Crippen molar-refractivity contribution < 1.29 is 33.3 Å². The molecule has 31 heavy (non-hydrogen) atoms. The van der Waals surface area contributed by atoms with Gasteiger partial charge in [0.25, 0.3) is 5.91 Å². The predicted molar refractivity (Wildman–Crippen MR) is 110 cm³/mol. The largest absolute Gasteiger partial charge is 0.493 e. The van der Waals surface area contributed by atoms with E-state index < -0.39 is 0 Å². The third-order valence-corrected chi connectivity index (χ3v) is 5.28. The number of hydrogen-bond donors (Lipinski definition) is 0. The Kier molecular flexibility index (Phi) is 5.75. The fourth-order valence-electron chi connectivity index (χ4n) is 3.81. The van der Waals surface area contributed by atoms with Gasteiger partial charge in [0.15, 0.2) is 23.0 Å². The number of rotatable bonds is 6. The van der Waals surface area contributed by atoms with Crippen LogP contribution in [0.4, 0.5) is 0 Å². The zero-order chi connectivity index (χ0) is 22.0. The van der Waals surface area contributed by atoms with Crippen LogP contribution in [0.15, 0.2) is 30.3 Å². The fourth-order valence-corrected chi connectivity index (χ4v) is 3.81. The van der Waals surface area contributed by atoms with Gasteiger partial charge in [-0.3, -0.25) is 14.6 Å². The number of ether oxygens (including phenoxy) is 5. The Labute approximate surface area is 180 Å². The van der Waals surface area contributed by atoms with Crippen LogP contribution < -0.4 is 23.7 Å². The van der Waals surface area contributed by atoms with Gasteiger partial charge in [-0.25, -0.2) is 5.01 Å². The molecule has 2 aliphatic heterocycles. The van der Waals surface area contributed by atoms with Crippen molar-refractivity contribution in [2.24, 2.45) is 0 Å². The van der Waals surface area contributed by atoms with Gasteiger partial charge < -0.3 is 23.7 Å². The molecule has 1 fully saturated rings. The molecule has 0 spiro atoms. The Morgan fingerprint density at radius 1 is 0.903 bits per heavy atom. The SMILES string of the molecule is COc1ccc(C(=O)N2CCCN2C(=O)Cc2ccc3c(c2)OCO3)c(OC)c1OC. The summed E-state index contributed by atoms with van der Waals surface area (Å²) < 4.78 is 26.8. The maximum Gasteiger partial charge on any atom is 0.276 e. The first-order chi connectivity index (χ1) is 15.1. The summed E-state index contributed by atoms with van der Waals surface area (Å²) in [6.45, 7) is 1.07. The van der Waals surface area contributed by atoms with Crippen molar-refractivity contribution in [3.63, 3.8) is 0 Å². The molecule has 0 saturated carbocycles. The monoisotopic (exact) mass is 428 g/mol. The summed E-state index contributed by atoms with van der Waals surface area (Å²) >= 11 is 0. The van der Waals surface area contributed by atoms with E-state index in [0.29, 0.717) is 48.1 Å². The van der Waals surface area contributed by atoms with Crippen LogP contribution >= 0.6 is 0 Å². The predicted octanol–water partition coefficient (Wildman–Crippen LogP) is 2.27. The van der Waals surface area contributed by atoms with E-state index >= 15 is 0 Å². The average Bonchev–Trinajstić information content (AvgIpc) is 3.46. The van der Waals surface area contributed by atoms with Gasteiger partial charge in [0.2, 0.25) is 18.4 Å². The molecule has 0 unspecified atom stereocenters. The number of carbonyl (C=O) groups is 2. The standard InChI is InChI=1S/C22H24N2O7/c1-27-17-8-6-15(20(28-2)21(17)29-3)22(26)24-10-4-9-23(24)19(25)12-14-5-7-16-18(11-14)31-13-30-16/h5-8,11H,4,9-10,12-13H2,1-3H3. The zero-order valence-electron chi connectivity index (χ0n) is 17.7. The van der Waals surface area contributed by atoms with Crippen molar-refractivity contribution in [3.05, 3.63) is 41.5 Å². The minimum atomic E-state index is -0.339. The third-order valence-electron chi connectivity index (χ3n) is 5.28. The Bertz CT molecular complexity index is 1010. The van der Waals surface area contributed by atoms with Crippen LogP contribution in [0.1, 0.15) is 22.3 Å². The lowest BCUT2D eigenvalue weighted by Crippen LogP contribution is -2.45. The highest BCUT2D eigenvalue weighted by Crippen LogP contribution is 2.40.